The van der Waals surface area contributed by atoms with Crippen LogP contribution >= 0.6 is 0 Å². The van der Waals surface area contributed by atoms with Crippen LogP contribution in [0.5, 0.6) is 0 Å². The third-order valence-electron chi connectivity index (χ3n) is 4.18. The molecule has 0 saturated carbocycles. The van der Waals surface area contributed by atoms with Crippen LogP contribution in [0.15, 0.2) is 24.3 Å². The fraction of sp³-hybridized carbons (Fsp3) is 0.667. The third-order valence-corrected chi connectivity index (χ3v) is 4.18. The largest absolute Gasteiger partial charge is 0.313 e. The summed E-state index contributed by atoms with van der Waals surface area (Å²) in [5, 5.41) is 3.56. The smallest absolute Gasteiger partial charge is 0.0205 e. The molecule has 1 fully saturated rings. The molecule has 0 bridgehead atoms. The molecule has 0 atom stereocenters. The van der Waals surface area contributed by atoms with Gasteiger partial charge in [0.2, 0.25) is 0 Å². The number of hydrogen-bond donors (Lipinski definition) is 1. The summed E-state index contributed by atoms with van der Waals surface area (Å²) in [5.74, 6) is 0. The summed E-state index contributed by atoms with van der Waals surface area (Å²) in [6.45, 7) is 12.8. The van der Waals surface area contributed by atoms with Crippen LogP contribution in [0.25, 0.3) is 0 Å². The highest BCUT2D eigenvalue weighted by atomic mass is 15.1. The summed E-state index contributed by atoms with van der Waals surface area (Å²) in [4.78, 5) is 2.58. The zero-order valence-electron chi connectivity index (χ0n) is 13.4. The molecule has 1 saturated heterocycles. The van der Waals surface area contributed by atoms with Gasteiger partial charge in [-0.3, -0.25) is 0 Å². The van der Waals surface area contributed by atoms with Crippen molar-refractivity contribution >= 4 is 0 Å². The minimum Gasteiger partial charge on any atom is -0.313 e. The minimum atomic E-state index is 0.252. The van der Waals surface area contributed by atoms with Gasteiger partial charge in [-0.15, -0.1) is 0 Å². The Morgan fingerprint density at radius 1 is 1.05 bits per heavy atom. The van der Waals surface area contributed by atoms with Crippen LogP contribution < -0.4 is 5.32 Å². The summed E-state index contributed by atoms with van der Waals surface area (Å²) >= 11 is 0. The first kappa shape index (κ1) is 15.5. The summed E-state index contributed by atoms with van der Waals surface area (Å²) in [5.41, 5.74) is 3.05. The second-order valence-corrected chi connectivity index (χ2v) is 7.03. The van der Waals surface area contributed by atoms with Gasteiger partial charge in [-0.2, -0.15) is 0 Å². The third kappa shape index (κ3) is 4.92. The highest BCUT2D eigenvalue weighted by Gasteiger charge is 2.12. The highest BCUT2D eigenvalue weighted by molar-refractivity contribution is 5.27. The van der Waals surface area contributed by atoms with E-state index in [1.165, 1.54) is 50.0 Å². The Bertz CT molecular complexity index is 383. The van der Waals surface area contributed by atoms with Crippen molar-refractivity contribution in [2.45, 2.75) is 52.0 Å². The number of hydrogen-bond acceptors (Lipinski definition) is 2. The van der Waals surface area contributed by atoms with E-state index in [0.717, 1.165) is 13.1 Å². The first-order chi connectivity index (χ1) is 9.55. The van der Waals surface area contributed by atoms with Gasteiger partial charge >= 0.3 is 0 Å². The lowest BCUT2D eigenvalue weighted by Gasteiger charge is -2.19. The molecule has 1 heterocycles. The molecule has 0 radical (unpaired) electrons. The number of likely N-dealkylation sites (tertiary alicyclic amines) is 1. The van der Waals surface area contributed by atoms with Crippen LogP contribution in [0.4, 0.5) is 0 Å². The zero-order chi connectivity index (χ0) is 14.4. The van der Waals surface area contributed by atoms with Gasteiger partial charge in [-0.05, 0) is 62.0 Å². The number of nitrogens with one attached hydrogen (secondary N) is 1. The molecule has 1 aliphatic heterocycles. The second-order valence-electron chi connectivity index (χ2n) is 7.03. The van der Waals surface area contributed by atoms with Gasteiger partial charge < -0.3 is 10.2 Å². The van der Waals surface area contributed by atoms with Crippen molar-refractivity contribution in [2.75, 3.05) is 26.2 Å². The predicted molar refractivity (Wildman–Crippen MR) is 87.1 cm³/mol. The average Bonchev–Trinajstić information content (AvgIpc) is 2.91. The van der Waals surface area contributed by atoms with Crippen molar-refractivity contribution in [1.82, 2.24) is 10.2 Å². The summed E-state index contributed by atoms with van der Waals surface area (Å²) in [7, 11) is 0. The molecule has 2 nitrogen and oxygen atoms in total. The maximum Gasteiger partial charge on any atom is 0.0205 e. The molecular weight excluding hydrogens is 244 g/mol. The maximum atomic E-state index is 3.56. The van der Waals surface area contributed by atoms with Crippen molar-refractivity contribution < 1.29 is 0 Å². The normalized spacial score (nSPS) is 16.8. The second kappa shape index (κ2) is 7.24. The first-order valence-electron chi connectivity index (χ1n) is 8.08. The van der Waals surface area contributed by atoms with Crippen molar-refractivity contribution in [3.05, 3.63) is 35.4 Å². The van der Waals surface area contributed by atoms with Crippen LogP contribution in [0.1, 0.15) is 51.2 Å². The Hall–Kier alpha value is -0.860. The minimum absolute atomic E-state index is 0.252. The van der Waals surface area contributed by atoms with E-state index >= 15 is 0 Å². The number of nitrogens with zero attached hydrogens (tertiary/aromatic N) is 1. The fourth-order valence-corrected chi connectivity index (χ4v) is 2.79. The topological polar surface area (TPSA) is 15.3 Å². The molecule has 1 aromatic carbocycles. The fourth-order valence-electron chi connectivity index (χ4n) is 2.79. The molecule has 2 rings (SSSR count). The zero-order valence-corrected chi connectivity index (χ0v) is 13.4. The lowest BCUT2D eigenvalue weighted by Crippen LogP contribution is -2.24. The van der Waals surface area contributed by atoms with Crippen molar-refractivity contribution in [2.24, 2.45) is 0 Å². The van der Waals surface area contributed by atoms with Gasteiger partial charge in [-0.1, -0.05) is 45.0 Å². The van der Waals surface area contributed by atoms with E-state index < -0.39 is 0 Å². The van der Waals surface area contributed by atoms with Gasteiger partial charge in [0.05, 0.1) is 0 Å². The highest BCUT2D eigenvalue weighted by Crippen LogP contribution is 2.22. The Kier molecular flexibility index (Phi) is 5.62. The molecule has 0 aliphatic carbocycles. The van der Waals surface area contributed by atoms with E-state index in [2.05, 4.69) is 55.3 Å². The van der Waals surface area contributed by atoms with Crippen LogP contribution in [0.2, 0.25) is 0 Å². The lowest BCUT2D eigenvalue weighted by atomic mass is 9.87. The van der Waals surface area contributed by atoms with Crippen molar-refractivity contribution in [3.8, 4) is 0 Å². The average molecular weight is 274 g/mol. The van der Waals surface area contributed by atoms with Gasteiger partial charge in [0.15, 0.2) is 0 Å². The van der Waals surface area contributed by atoms with Crippen LogP contribution in [-0.4, -0.2) is 31.1 Å². The molecule has 0 amide bonds. The van der Waals surface area contributed by atoms with Crippen molar-refractivity contribution in [3.63, 3.8) is 0 Å². The molecule has 0 unspecified atom stereocenters. The van der Waals surface area contributed by atoms with E-state index in [0.29, 0.717) is 0 Å². The Labute approximate surface area is 124 Å². The Morgan fingerprint density at radius 2 is 1.70 bits per heavy atom. The van der Waals surface area contributed by atoms with Crippen LogP contribution in [-0.2, 0) is 12.0 Å². The van der Waals surface area contributed by atoms with Gasteiger partial charge in [0.25, 0.3) is 0 Å². The molecule has 1 N–H and O–H groups in total. The monoisotopic (exact) mass is 274 g/mol. The molecule has 0 aromatic heterocycles. The summed E-state index contributed by atoms with van der Waals surface area (Å²) < 4.78 is 0. The van der Waals surface area contributed by atoms with E-state index in [1.807, 2.05) is 0 Å². The number of benzene rings is 1. The SMILES string of the molecule is CC(C)(C)c1ccc(CNCCCN2CCCC2)cc1. The Balaban J connectivity index is 1.64. The predicted octanol–water partition coefficient (Wildman–Crippen LogP) is 3.56. The molecule has 1 aromatic rings. The number of rotatable bonds is 6. The molecule has 1 aliphatic rings. The standard InChI is InChI=1S/C18H30N2/c1-18(2,3)17-9-7-16(8-10-17)15-19-11-6-14-20-12-4-5-13-20/h7-10,19H,4-6,11-15H2,1-3H3. The van der Waals surface area contributed by atoms with Gasteiger partial charge in [0.1, 0.15) is 0 Å². The molecule has 2 heteroatoms. The first-order valence-corrected chi connectivity index (χ1v) is 8.08. The molecule has 112 valence electrons. The van der Waals surface area contributed by atoms with E-state index in [9.17, 15) is 0 Å². The molecular formula is C18H30N2. The van der Waals surface area contributed by atoms with Gasteiger partial charge in [0, 0.05) is 6.54 Å². The van der Waals surface area contributed by atoms with E-state index in [4.69, 9.17) is 0 Å². The quantitative estimate of drug-likeness (QED) is 0.798. The van der Waals surface area contributed by atoms with Crippen molar-refractivity contribution in [1.29, 1.82) is 0 Å². The van der Waals surface area contributed by atoms with Gasteiger partial charge in [-0.25, -0.2) is 0 Å². The van der Waals surface area contributed by atoms with E-state index in [1.54, 1.807) is 0 Å². The molecule has 20 heavy (non-hydrogen) atoms. The van der Waals surface area contributed by atoms with Crippen LogP contribution in [0, 0.1) is 0 Å². The Morgan fingerprint density at radius 3 is 2.30 bits per heavy atom. The summed E-state index contributed by atoms with van der Waals surface area (Å²) in [6, 6.07) is 9.05. The van der Waals surface area contributed by atoms with Crippen LogP contribution in [0.3, 0.4) is 0 Å². The summed E-state index contributed by atoms with van der Waals surface area (Å²) in [6.07, 6.45) is 4.06. The molecule has 0 spiro atoms. The van der Waals surface area contributed by atoms with E-state index in [-0.39, 0.29) is 5.41 Å². The lowest BCUT2D eigenvalue weighted by molar-refractivity contribution is 0.331. The maximum absolute atomic E-state index is 3.56.